The van der Waals surface area contributed by atoms with Crippen LogP contribution in [0.2, 0.25) is 0 Å². The number of carbonyl (C=O) groups is 1. The van der Waals surface area contributed by atoms with Crippen LogP contribution in [0.15, 0.2) is 24.3 Å². The summed E-state index contributed by atoms with van der Waals surface area (Å²) in [5.74, 6) is -0.199. The summed E-state index contributed by atoms with van der Waals surface area (Å²) in [4.78, 5) is 25.0. The number of nitrogens with zero attached hydrogens (tertiary/aromatic N) is 2. The van der Waals surface area contributed by atoms with Crippen molar-refractivity contribution in [3.63, 3.8) is 0 Å². The number of amides is 1. The van der Waals surface area contributed by atoms with Crippen molar-refractivity contribution in [1.29, 1.82) is 0 Å². The molecule has 0 aromatic heterocycles. The minimum absolute atomic E-state index is 0.0988. The van der Waals surface area contributed by atoms with Crippen LogP contribution in [0.5, 0.6) is 0 Å². The molecule has 108 valence electrons. The van der Waals surface area contributed by atoms with Gasteiger partial charge in [-0.05, 0) is 31.7 Å². The zero-order valence-corrected chi connectivity index (χ0v) is 11.7. The van der Waals surface area contributed by atoms with Crippen LogP contribution in [0.3, 0.4) is 0 Å². The van der Waals surface area contributed by atoms with Crippen molar-refractivity contribution in [2.45, 2.75) is 45.1 Å². The van der Waals surface area contributed by atoms with Crippen LogP contribution in [-0.2, 0) is 0 Å². The van der Waals surface area contributed by atoms with Gasteiger partial charge >= 0.3 is 0 Å². The van der Waals surface area contributed by atoms with Crippen LogP contribution in [0.4, 0.5) is 5.69 Å². The Labute approximate surface area is 118 Å². The van der Waals surface area contributed by atoms with E-state index in [2.05, 4.69) is 6.92 Å². The van der Waals surface area contributed by atoms with Gasteiger partial charge in [-0.1, -0.05) is 25.5 Å². The Kier molecular flexibility index (Phi) is 4.71. The van der Waals surface area contributed by atoms with E-state index < -0.39 is 4.92 Å². The summed E-state index contributed by atoms with van der Waals surface area (Å²) in [5, 5.41) is 11.1. The lowest BCUT2D eigenvalue weighted by molar-refractivity contribution is -0.385. The molecule has 1 aromatic rings. The quantitative estimate of drug-likeness (QED) is 0.625. The molecule has 1 atom stereocenters. The fourth-order valence-electron chi connectivity index (χ4n) is 2.87. The summed E-state index contributed by atoms with van der Waals surface area (Å²) >= 11 is 0. The maximum atomic E-state index is 12.6. The molecule has 1 aromatic carbocycles. The summed E-state index contributed by atoms with van der Waals surface area (Å²) in [6.45, 7) is 2.80. The van der Waals surface area contributed by atoms with Crippen molar-refractivity contribution in [1.82, 2.24) is 4.90 Å². The summed E-state index contributed by atoms with van der Waals surface area (Å²) in [7, 11) is 0. The molecule has 0 N–H and O–H groups in total. The minimum Gasteiger partial charge on any atom is -0.335 e. The van der Waals surface area contributed by atoms with E-state index in [4.69, 9.17) is 0 Å². The van der Waals surface area contributed by atoms with Gasteiger partial charge in [-0.25, -0.2) is 0 Å². The molecule has 0 radical (unpaired) electrons. The molecular weight excluding hydrogens is 256 g/mol. The lowest BCUT2D eigenvalue weighted by Crippen LogP contribution is -2.43. The zero-order chi connectivity index (χ0) is 14.5. The third-order valence-corrected chi connectivity index (χ3v) is 3.84. The van der Waals surface area contributed by atoms with Gasteiger partial charge in [0.25, 0.3) is 11.6 Å². The second-order valence-corrected chi connectivity index (χ2v) is 5.21. The average molecular weight is 276 g/mol. The van der Waals surface area contributed by atoms with Crippen molar-refractivity contribution >= 4 is 11.6 Å². The van der Waals surface area contributed by atoms with Gasteiger partial charge in [0.15, 0.2) is 0 Å². The molecule has 0 bridgehead atoms. The van der Waals surface area contributed by atoms with E-state index in [0.29, 0.717) is 6.54 Å². The maximum absolute atomic E-state index is 12.6. The molecule has 1 fully saturated rings. The molecular formula is C15H20N2O3. The van der Waals surface area contributed by atoms with Crippen molar-refractivity contribution in [3.8, 4) is 0 Å². The first-order valence-corrected chi connectivity index (χ1v) is 7.19. The first-order chi connectivity index (χ1) is 9.65. The minimum atomic E-state index is -0.480. The molecule has 0 saturated carbocycles. The van der Waals surface area contributed by atoms with E-state index in [9.17, 15) is 14.9 Å². The van der Waals surface area contributed by atoms with Gasteiger partial charge in [-0.2, -0.15) is 0 Å². The molecule has 1 saturated heterocycles. The van der Waals surface area contributed by atoms with E-state index in [-0.39, 0.29) is 23.2 Å². The molecule has 0 aliphatic carbocycles. The van der Waals surface area contributed by atoms with E-state index in [1.54, 1.807) is 18.2 Å². The maximum Gasteiger partial charge on any atom is 0.282 e. The molecule has 5 nitrogen and oxygen atoms in total. The van der Waals surface area contributed by atoms with Crippen molar-refractivity contribution in [2.24, 2.45) is 0 Å². The molecule has 0 spiro atoms. The fourth-order valence-corrected chi connectivity index (χ4v) is 2.87. The van der Waals surface area contributed by atoms with Gasteiger partial charge < -0.3 is 4.90 Å². The Hall–Kier alpha value is -1.91. The highest BCUT2D eigenvalue weighted by atomic mass is 16.6. The molecule has 1 unspecified atom stereocenters. The second-order valence-electron chi connectivity index (χ2n) is 5.21. The third kappa shape index (κ3) is 2.98. The average Bonchev–Trinajstić information content (AvgIpc) is 2.47. The molecule has 20 heavy (non-hydrogen) atoms. The standard InChI is InChI=1S/C15H20N2O3/c1-2-7-12-8-5-6-11-16(12)15(18)13-9-3-4-10-14(13)17(19)20/h3-4,9-10,12H,2,5-8,11H2,1H3. The molecule has 1 aliphatic heterocycles. The van der Waals surface area contributed by atoms with Crippen LogP contribution in [0, 0.1) is 10.1 Å². The Morgan fingerprint density at radius 1 is 1.40 bits per heavy atom. The van der Waals surface area contributed by atoms with Gasteiger partial charge in [0.2, 0.25) is 0 Å². The summed E-state index contributed by atoms with van der Waals surface area (Å²) in [6, 6.07) is 6.44. The van der Waals surface area contributed by atoms with Gasteiger partial charge in [0.05, 0.1) is 4.92 Å². The van der Waals surface area contributed by atoms with Crippen LogP contribution in [0.25, 0.3) is 0 Å². The van der Waals surface area contributed by atoms with Gasteiger partial charge in [0, 0.05) is 18.7 Å². The molecule has 1 amide bonds. The van der Waals surface area contributed by atoms with E-state index >= 15 is 0 Å². The van der Waals surface area contributed by atoms with Crippen molar-refractivity contribution < 1.29 is 9.72 Å². The number of nitro benzene ring substituents is 1. The number of likely N-dealkylation sites (tertiary alicyclic amines) is 1. The third-order valence-electron chi connectivity index (χ3n) is 3.84. The SMILES string of the molecule is CCCC1CCCCN1C(=O)c1ccccc1[N+](=O)[O-]. The summed E-state index contributed by atoms with van der Waals surface area (Å²) in [6.07, 6.45) is 5.09. The largest absolute Gasteiger partial charge is 0.335 e. The molecule has 1 heterocycles. The predicted molar refractivity (Wildman–Crippen MR) is 76.7 cm³/mol. The van der Waals surface area contributed by atoms with E-state index in [1.165, 1.54) is 6.07 Å². The topological polar surface area (TPSA) is 63.5 Å². The van der Waals surface area contributed by atoms with Crippen molar-refractivity contribution in [3.05, 3.63) is 39.9 Å². The number of benzene rings is 1. The molecule has 2 rings (SSSR count). The number of piperidine rings is 1. The Balaban J connectivity index is 2.27. The first kappa shape index (κ1) is 14.5. The summed E-state index contributed by atoms with van der Waals surface area (Å²) in [5.41, 5.74) is 0.110. The predicted octanol–water partition coefficient (Wildman–Crippen LogP) is 3.39. The van der Waals surface area contributed by atoms with Gasteiger partial charge in [-0.3, -0.25) is 14.9 Å². The normalized spacial score (nSPS) is 18.9. The van der Waals surface area contributed by atoms with Gasteiger partial charge in [0.1, 0.15) is 5.56 Å². The fraction of sp³-hybridized carbons (Fsp3) is 0.533. The highest BCUT2D eigenvalue weighted by molar-refractivity contribution is 5.98. The highest BCUT2D eigenvalue weighted by Crippen LogP contribution is 2.26. The van der Waals surface area contributed by atoms with E-state index in [1.807, 2.05) is 4.90 Å². The zero-order valence-electron chi connectivity index (χ0n) is 11.7. The van der Waals surface area contributed by atoms with Crippen LogP contribution in [-0.4, -0.2) is 28.3 Å². The molecule has 1 aliphatic rings. The lowest BCUT2D eigenvalue weighted by atomic mass is 9.97. The Morgan fingerprint density at radius 3 is 2.85 bits per heavy atom. The van der Waals surface area contributed by atoms with Crippen molar-refractivity contribution in [2.75, 3.05) is 6.54 Å². The Morgan fingerprint density at radius 2 is 2.15 bits per heavy atom. The first-order valence-electron chi connectivity index (χ1n) is 7.19. The monoisotopic (exact) mass is 276 g/mol. The highest BCUT2D eigenvalue weighted by Gasteiger charge is 2.30. The number of rotatable bonds is 4. The lowest BCUT2D eigenvalue weighted by Gasteiger charge is -2.35. The number of nitro groups is 1. The number of hydrogen-bond donors (Lipinski definition) is 0. The smallest absolute Gasteiger partial charge is 0.282 e. The number of carbonyl (C=O) groups excluding carboxylic acids is 1. The summed E-state index contributed by atoms with van der Waals surface area (Å²) < 4.78 is 0. The Bertz CT molecular complexity index is 500. The van der Waals surface area contributed by atoms with Gasteiger partial charge in [-0.15, -0.1) is 0 Å². The molecule has 5 heteroatoms. The van der Waals surface area contributed by atoms with E-state index in [0.717, 1.165) is 32.1 Å². The number of hydrogen-bond acceptors (Lipinski definition) is 3. The second kappa shape index (κ2) is 6.50. The van der Waals surface area contributed by atoms with Crippen LogP contribution in [0.1, 0.15) is 49.4 Å². The van der Waals surface area contributed by atoms with Crippen LogP contribution < -0.4 is 0 Å². The van der Waals surface area contributed by atoms with Crippen LogP contribution >= 0.6 is 0 Å². The number of para-hydroxylation sites is 1.